The molecule has 0 heterocycles. The molecule has 0 aromatic heterocycles. The van der Waals surface area contributed by atoms with Gasteiger partial charge in [-0.1, -0.05) is 127 Å². The minimum absolute atomic E-state index is 0.147. The first-order valence-corrected chi connectivity index (χ1v) is 11.0. The first-order valence-electron chi connectivity index (χ1n) is 11.0. The number of Topliss-reactive ketones (excluding diaryl/α,β-unsaturated/α-hetero) is 1. The Bertz CT molecular complexity index is 1350. The summed E-state index contributed by atoms with van der Waals surface area (Å²) in [4.78, 5) is 27.2. The van der Waals surface area contributed by atoms with Crippen LogP contribution in [0.1, 0.15) is 31.8 Å². The molecule has 4 aromatic rings. The van der Waals surface area contributed by atoms with Crippen LogP contribution >= 0.6 is 0 Å². The second-order valence-electron chi connectivity index (χ2n) is 8.08. The molecule has 2 heteroatoms. The summed E-state index contributed by atoms with van der Waals surface area (Å²) in [6, 6.07) is 38.2. The van der Waals surface area contributed by atoms with Gasteiger partial charge < -0.3 is 0 Å². The molecule has 0 spiro atoms. The van der Waals surface area contributed by atoms with E-state index in [0.717, 1.165) is 16.7 Å². The van der Waals surface area contributed by atoms with E-state index in [-0.39, 0.29) is 11.6 Å². The van der Waals surface area contributed by atoms with Crippen LogP contribution in [0.5, 0.6) is 0 Å². The first kappa shape index (κ1) is 20.6. The third-order valence-electron chi connectivity index (χ3n) is 6.06. The fourth-order valence-corrected chi connectivity index (χ4v) is 4.35. The summed E-state index contributed by atoms with van der Waals surface area (Å²) in [6.07, 6.45) is 3.63. The van der Waals surface area contributed by atoms with Gasteiger partial charge in [-0.15, -0.1) is 0 Å². The van der Waals surface area contributed by atoms with Crippen molar-refractivity contribution in [1.82, 2.24) is 0 Å². The fraction of sp³-hybridized carbons (Fsp3) is 0.0323. The highest BCUT2D eigenvalue weighted by Crippen LogP contribution is 2.58. The molecule has 1 aliphatic rings. The molecule has 5 rings (SSSR count). The third-order valence-corrected chi connectivity index (χ3v) is 6.06. The van der Waals surface area contributed by atoms with Crippen molar-refractivity contribution in [3.05, 3.63) is 161 Å². The second-order valence-corrected chi connectivity index (χ2v) is 8.08. The summed E-state index contributed by atoms with van der Waals surface area (Å²) in [6.45, 7) is 0. The van der Waals surface area contributed by atoms with Crippen molar-refractivity contribution >= 4 is 17.1 Å². The van der Waals surface area contributed by atoms with Crippen molar-refractivity contribution in [2.75, 3.05) is 0 Å². The SMILES string of the molecule is O=C(/C=C(\C(=O)c1ccccc1)C1(c2ccccc2)C=C1c1ccccc1)c1ccccc1. The van der Waals surface area contributed by atoms with Crippen molar-refractivity contribution in [3.63, 3.8) is 0 Å². The van der Waals surface area contributed by atoms with Crippen molar-refractivity contribution in [2.45, 2.75) is 5.41 Å². The minimum Gasteiger partial charge on any atom is -0.289 e. The van der Waals surface area contributed by atoms with Crippen LogP contribution < -0.4 is 0 Å². The van der Waals surface area contributed by atoms with E-state index in [1.54, 1.807) is 24.3 Å². The number of carbonyl (C=O) groups excluding carboxylic acids is 2. The molecule has 0 saturated heterocycles. The molecule has 0 aliphatic heterocycles. The zero-order valence-corrected chi connectivity index (χ0v) is 18.0. The number of hydrogen-bond acceptors (Lipinski definition) is 2. The summed E-state index contributed by atoms with van der Waals surface area (Å²) in [5.41, 5.74) is 3.88. The standard InChI is InChI=1S/C31H22O2/c32-29(24-15-7-2-8-16-24)21-27(30(33)25-17-9-3-10-18-25)31(26-19-11-4-12-20-26)22-28(31)23-13-5-1-6-14-23/h1-22H/b27-21+. The van der Waals surface area contributed by atoms with Crippen LogP contribution in [0.15, 0.2) is 139 Å². The highest BCUT2D eigenvalue weighted by molar-refractivity contribution is 6.20. The molecule has 0 N–H and O–H groups in total. The highest BCUT2D eigenvalue weighted by Gasteiger charge is 2.51. The lowest BCUT2D eigenvalue weighted by Crippen LogP contribution is -2.23. The Hall–Kier alpha value is -4.30. The molecule has 0 saturated carbocycles. The molecule has 0 bridgehead atoms. The Kier molecular flexibility index (Phi) is 5.42. The van der Waals surface area contributed by atoms with Gasteiger partial charge in [0.2, 0.25) is 0 Å². The molecule has 1 aliphatic carbocycles. The molecule has 0 amide bonds. The number of ketones is 2. The number of rotatable bonds is 7. The van der Waals surface area contributed by atoms with Crippen LogP contribution in [0.4, 0.5) is 0 Å². The Morgan fingerprint density at radius 2 is 1.06 bits per heavy atom. The predicted molar refractivity (Wildman–Crippen MR) is 132 cm³/mol. The fourth-order valence-electron chi connectivity index (χ4n) is 4.35. The molecule has 1 atom stereocenters. The Morgan fingerprint density at radius 1 is 0.576 bits per heavy atom. The largest absolute Gasteiger partial charge is 0.289 e. The van der Waals surface area contributed by atoms with Crippen molar-refractivity contribution in [3.8, 4) is 0 Å². The van der Waals surface area contributed by atoms with Crippen molar-refractivity contribution in [1.29, 1.82) is 0 Å². The van der Waals surface area contributed by atoms with E-state index in [1.807, 2.05) is 97.1 Å². The van der Waals surface area contributed by atoms with Crippen molar-refractivity contribution < 1.29 is 9.59 Å². The van der Waals surface area contributed by atoms with Gasteiger partial charge in [0, 0.05) is 16.7 Å². The van der Waals surface area contributed by atoms with Crippen molar-refractivity contribution in [2.24, 2.45) is 0 Å². The smallest absolute Gasteiger partial charge is 0.190 e. The maximum Gasteiger partial charge on any atom is 0.190 e. The Balaban J connectivity index is 1.69. The van der Waals surface area contributed by atoms with Gasteiger partial charge >= 0.3 is 0 Å². The van der Waals surface area contributed by atoms with E-state index < -0.39 is 5.41 Å². The summed E-state index contributed by atoms with van der Waals surface area (Å²) in [5.74, 6) is -0.330. The summed E-state index contributed by atoms with van der Waals surface area (Å²) < 4.78 is 0. The predicted octanol–water partition coefficient (Wildman–Crippen LogP) is 6.71. The van der Waals surface area contributed by atoms with Gasteiger partial charge in [0.25, 0.3) is 0 Å². The molecule has 2 nitrogen and oxygen atoms in total. The number of carbonyl (C=O) groups is 2. The van der Waals surface area contributed by atoms with Crippen LogP contribution in [-0.4, -0.2) is 11.6 Å². The second kappa shape index (κ2) is 8.68. The van der Waals surface area contributed by atoms with E-state index in [4.69, 9.17) is 0 Å². The monoisotopic (exact) mass is 426 g/mol. The molecular formula is C31H22O2. The van der Waals surface area contributed by atoms with E-state index in [1.165, 1.54) is 6.08 Å². The quantitative estimate of drug-likeness (QED) is 0.243. The van der Waals surface area contributed by atoms with Crippen LogP contribution in [0.2, 0.25) is 0 Å². The molecule has 0 fully saturated rings. The van der Waals surface area contributed by atoms with E-state index in [0.29, 0.717) is 16.7 Å². The van der Waals surface area contributed by atoms with Gasteiger partial charge in [-0.3, -0.25) is 9.59 Å². The van der Waals surface area contributed by atoms with Gasteiger partial charge in [-0.05, 0) is 22.8 Å². The zero-order valence-electron chi connectivity index (χ0n) is 18.0. The first-order chi connectivity index (χ1) is 16.2. The number of allylic oxidation sites excluding steroid dienone is 4. The van der Waals surface area contributed by atoms with E-state index in [9.17, 15) is 9.59 Å². The van der Waals surface area contributed by atoms with Crippen LogP contribution in [0.25, 0.3) is 5.57 Å². The molecular weight excluding hydrogens is 404 g/mol. The lowest BCUT2D eigenvalue weighted by atomic mass is 9.77. The molecule has 33 heavy (non-hydrogen) atoms. The van der Waals surface area contributed by atoms with Crippen LogP contribution in [0.3, 0.4) is 0 Å². The molecule has 4 aromatic carbocycles. The lowest BCUT2D eigenvalue weighted by molar-refractivity contribution is 0.100. The minimum atomic E-state index is -0.750. The van der Waals surface area contributed by atoms with Gasteiger partial charge in [0.15, 0.2) is 11.6 Å². The summed E-state index contributed by atoms with van der Waals surface area (Å²) in [5, 5.41) is 0. The van der Waals surface area contributed by atoms with E-state index in [2.05, 4.69) is 6.08 Å². The average molecular weight is 427 g/mol. The Labute approximate surface area is 193 Å². The van der Waals surface area contributed by atoms with Gasteiger partial charge in [0.05, 0.1) is 5.41 Å². The van der Waals surface area contributed by atoms with Gasteiger partial charge in [-0.25, -0.2) is 0 Å². The van der Waals surface area contributed by atoms with Gasteiger partial charge in [0.1, 0.15) is 0 Å². The zero-order chi connectivity index (χ0) is 22.7. The van der Waals surface area contributed by atoms with E-state index >= 15 is 0 Å². The lowest BCUT2D eigenvalue weighted by Gasteiger charge is -2.23. The average Bonchev–Trinajstić information content (AvgIpc) is 3.65. The number of hydrogen-bond donors (Lipinski definition) is 0. The third kappa shape index (κ3) is 3.88. The topological polar surface area (TPSA) is 34.1 Å². The maximum absolute atomic E-state index is 13.9. The number of benzene rings is 4. The molecule has 1 unspecified atom stereocenters. The van der Waals surface area contributed by atoms with Gasteiger partial charge in [-0.2, -0.15) is 0 Å². The van der Waals surface area contributed by atoms with Crippen LogP contribution in [0, 0.1) is 0 Å². The summed E-state index contributed by atoms with van der Waals surface area (Å²) >= 11 is 0. The Morgan fingerprint density at radius 3 is 1.64 bits per heavy atom. The summed E-state index contributed by atoms with van der Waals surface area (Å²) in [7, 11) is 0. The molecule has 158 valence electrons. The maximum atomic E-state index is 13.9. The normalized spacial score (nSPS) is 17.2. The van der Waals surface area contributed by atoms with Crippen LogP contribution in [-0.2, 0) is 5.41 Å². The highest BCUT2D eigenvalue weighted by atomic mass is 16.1. The molecule has 0 radical (unpaired) electrons.